The van der Waals surface area contributed by atoms with Crippen LogP contribution in [0.3, 0.4) is 0 Å². The van der Waals surface area contributed by atoms with E-state index < -0.39 is 17.6 Å². The SMILES string of the molecule is CCc1nc2ccc(F)cc2n1-c1cc(N)nc(Nc2ccc(C(F)(F)F)cc2)n1. The van der Waals surface area contributed by atoms with Gasteiger partial charge in [0.2, 0.25) is 5.95 Å². The highest BCUT2D eigenvalue weighted by Gasteiger charge is 2.30. The molecule has 0 saturated carbocycles. The van der Waals surface area contributed by atoms with Crippen molar-refractivity contribution in [3.8, 4) is 5.82 Å². The van der Waals surface area contributed by atoms with Crippen molar-refractivity contribution in [2.75, 3.05) is 11.1 Å². The van der Waals surface area contributed by atoms with Gasteiger partial charge >= 0.3 is 6.18 Å². The molecule has 0 spiro atoms. The summed E-state index contributed by atoms with van der Waals surface area (Å²) in [6.45, 7) is 1.90. The highest BCUT2D eigenvalue weighted by Crippen LogP contribution is 2.30. The fraction of sp³-hybridized carbons (Fsp3) is 0.150. The molecule has 2 aromatic carbocycles. The van der Waals surface area contributed by atoms with Crippen molar-refractivity contribution in [2.45, 2.75) is 19.5 Å². The topological polar surface area (TPSA) is 81.7 Å². The van der Waals surface area contributed by atoms with Crippen LogP contribution in [0.2, 0.25) is 0 Å². The van der Waals surface area contributed by atoms with Gasteiger partial charge in [-0.3, -0.25) is 4.57 Å². The molecule has 0 unspecified atom stereocenters. The largest absolute Gasteiger partial charge is 0.416 e. The molecule has 154 valence electrons. The summed E-state index contributed by atoms with van der Waals surface area (Å²) in [5, 5.41) is 2.85. The second-order valence-electron chi connectivity index (χ2n) is 6.52. The molecule has 0 aliphatic rings. The Labute approximate surface area is 168 Å². The first kappa shape index (κ1) is 19.6. The van der Waals surface area contributed by atoms with Crippen LogP contribution in [0, 0.1) is 5.82 Å². The molecular weight excluding hydrogens is 400 g/mol. The van der Waals surface area contributed by atoms with Crippen LogP contribution < -0.4 is 11.1 Å². The molecule has 10 heteroatoms. The number of nitrogens with zero attached hydrogens (tertiary/aromatic N) is 4. The standard InChI is InChI=1S/C20H16F4N6/c1-2-17-27-14-8-5-12(21)9-15(14)30(17)18-10-16(25)28-19(29-18)26-13-6-3-11(4-7-13)20(22,23)24/h3-10H,2H2,1H3,(H3,25,26,28,29). The number of aromatic nitrogens is 4. The van der Waals surface area contributed by atoms with E-state index in [1.807, 2.05) is 6.92 Å². The number of alkyl halides is 3. The van der Waals surface area contributed by atoms with Crippen LogP contribution in [-0.2, 0) is 12.6 Å². The van der Waals surface area contributed by atoms with Crippen molar-refractivity contribution in [2.24, 2.45) is 0 Å². The van der Waals surface area contributed by atoms with E-state index in [4.69, 9.17) is 5.73 Å². The smallest absolute Gasteiger partial charge is 0.383 e. The maximum absolute atomic E-state index is 13.8. The lowest BCUT2D eigenvalue weighted by atomic mass is 10.2. The zero-order valence-corrected chi connectivity index (χ0v) is 15.7. The number of imidazole rings is 1. The van der Waals surface area contributed by atoms with Gasteiger partial charge in [0.05, 0.1) is 16.6 Å². The number of benzene rings is 2. The van der Waals surface area contributed by atoms with Crippen LogP contribution in [0.25, 0.3) is 16.9 Å². The molecule has 0 atom stereocenters. The van der Waals surface area contributed by atoms with E-state index in [2.05, 4.69) is 20.3 Å². The third-order valence-corrected chi connectivity index (χ3v) is 4.43. The molecule has 0 radical (unpaired) electrons. The molecule has 2 heterocycles. The molecule has 4 rings (SSSR count). The maximum atomic E-state index is 13.8. The van der Waals surface area contributed by atoms with Gasteiger partial charge in [-0.25, -0.2) is 9.37 Å². The fourth-order valence-electron chi connectivity index (χ4n) is 3.09. The van der Waals surface area contributed by atoms with Gasteiger partial charge in [-0.05, 0) is 36.4 Å². The maximum Gasteiger partial charge on any atom is 0.416 e. The van der Waals surface area contributed by atoms with E-state index >= 15 is 0 Å². The average molecular weight is 416 g/mol. The third-order valence-electron chi connectivity index (χ3n) is 4.43. The number of anilines is 3. The van der Waals surface area contributed by atoms with E-state index in [1.54, 1.807) is 10.6 Å². The molecule has 30 heavy (non-hydrogen) atoms. The number of halogens is 4. The first-order chi connectivity index (χ1) is 14.2. The molecule has 0 saturated heterocycles. The third kappa shape index (κ3) is 3.76. The number of aryl methyl sites for hydroxylation is 1. The summed E-state index contributed by atoms with van der Waals surface area (Å²) in [5.41, 5.74) is 6.63. The Balaban J connectivity index is 1.74. The predicted molar refractivity (Wildman–Crippen MR) is 105 cm³/mol. The zero-order valence-electron chi connectivity index (χ0n) is 15.7. The average Bonchev–Trinajstić information content (AvgIpc) is 3.05. The summed E-state index contributed by atoms with van der Waals surface area (Å²) in [7, 11) is 0. The number of fused-ring (bicyclic) bond motifs is 1. The molecule has 0 aliphatic heterocycles. The van der Waals surface area contributed by atoms with Crippen LogP contribution >= 0.6 is 0 Å². The van der Waals surface area contributed by atoms with Crippen LogP contribution in [0.4, 0.5) is 35.0 Å². The summed E-state index contributed by atoms with van der Waals surface area (Å²) in [4.78, 5) is 13.0. The van der Waals surface area contributed by atoms with Crippen molar-refractivity contribution >= 4 is 28.5 Å². The summed E-state index contributed by atoms with van der Waals surface area (Å²) < 4.78 is 53.7. The van der Waals surface area contributed by atoms with E-state index in [0.29, 0.717) is 34.8 Å². The molecule has 0 bridgehead atoms. The number of nitrogens with one attached hydrogen (secondary N) is 1. The van der Waals surface area contributed by atoms with Gasteiger partial charge in [-0.15, -0.1) is 0 Å². The second kappa shape index (κ2) is 7.29. The molecule has 6 nitrogen and oxygen atoms in total. The number of hydrogen-bond donors (Lipinski definition) is 2. The Morgan fingerprint density at radius 3 is 2.40 bits per heavy atom. The van der Waals surface area contributed by atoms with Crippen LogP contribution in [0.1, 0.15) is 18.3 Å². The monoisotopic (exact) mass is 416 g/mol. The van der Waals surface area contributed by atoms with Gasteiger partial charge in [-0.1, -0.05) is 6.92 Å². The van der Waals surface area contributed by atoms with Gasteiger partial charge in [0.15, 0.2) is 0 Å². The van der Waals surface area contributed by atoms with Crippen molar-refractivity contribution in [3.05, 3.63) is 65.7 Å². The van der Waals surface area contributed by atoms with Gasteiger partial charge in [-0.2, -0.15) is 23.1 Å². The minimum absolute atomic E-state index is 0.0880. The van der Waals surface area contributed by atoms with Crippen molar-refractivity contribution in [1.29, 1.82) is 0 Å². The lowest BCUT2D eigenvalue weighted by Crippen LogP contribution is -2.08. The number of hydrogen-bond acceptors (Lipinski definition) is 5. The Kier molecular flexibility index (Phi) is 4.76. The first-order valence-corrected chi connectivity index (χ1v) is 9.00. The van der Waals surface area contributed by atoms with Crippen LogP contribution in [0.5, 0.6) is 0 Å². The van der Waals surface area contributed by atoms with Crippen LogP contribution in [0.15, 0.2) is 48.5 Å². The molecule has 0 amide bonds. The highest BCUT2D eigenvalue weighted by atomic mass is 19.4. The van der Waals surface area contributed by atoms with E-state index in [9.17, 15) is 17.6 Å². The van der Waals surface area contributed by atoms with E-state index in [1.165, 1.54) is 30.3 Å². The second-order valence-corrected chi connectivity index (χ2v) is 6.52. The van der Waals surface area contributed by atoms with Gasteiger partial charge in [0.25, 0.3) is 0 Å². The van der Waals surface area contributed by atoms with Crippen molar-refractivity contribution < 1.29 is 17.6 Å². The minimum Gasteiger partial charge on any atom is -0.383 e. The normalized spacial score (nSPS) is 11.8. The number of rotatable bonds is 4. The first-order valence-electron chi connectivity index (χ1n) is 9.00. The van der Waals surface area contributed by atoms with E-state index in [0.717, 1.165) is 12.1 Å². The molecular formula is C20H16F4N6. The fourth-order valence-corrected chi connectivity index (χ4v) is 3.09. The summed E-state index contributed by atoms with van der Waals surface area (Å²) in [6, 6.07) is 10.2. The highest BCUT2D eigenvalue weighted by molar-refractivity contribution is 5.78. The zero-order chi connectivity index (χ0) is 21.5. The Hall–Kier alpha value is -3.69. The predicted octanol–water partition coefficient (Wildman–Crippen LogP) is 4.86. The molecule has 4 aromatic rings. The van der Waals surface area contributed by atoms with Crippen LogP contribution in [-0.4, -0.2) is 19.5 Å². The molecule has 0 aliphatic carbocycles. The van der Waals surface area contributed by atoms with Gasteiger partial charge in [0, 0.05) is 24.2 Å². The lowest BCUT2D eigenvalue weighted by molar-refractivity contribution is -0.137. The lowest BCUT2D eigenvalue weighted by Gasteiger charge is -2.12. The minimum atomic E-state index is -4.42. The van der Waals surface area contributed by atoms with E-state index in [-0.39, 0.29) is 11.8 Å². The van der Waals surface area contributed by atoms with Crippen molar-refractivity contribution in [1.82, 2.24) is 19.5 Å². The Bertz CT molecular complexity index is 1210. The summed E-state index contributed by atoms with van der Waals surface area (Å²) in [5.74, 6) is 0.812. The Morgan fingerprint density at radius 2 is 1.73 bits per heavy atom. The van der Waals surface area contributed by atoms with Gasteiger partial charge < -0.3 is 11.1 Å². The quantitative estimate of drug-likeness (QED) is 0.464. The van der Waals surface area contributed by atoms with Crippen molar-refractivity contribution in [3.63, 3.8) is 0 Å². The summed E-state index contributed by atoms with van der Waals surface area (Å²) >= 11 is 0. The van der Waals surface area contributed by atoms with Gasteiger partial charge in [0.1, 0.15) is 23.3 Å². The Morgan fingerprint density at radius 1 is 1.00 bits per heavy atom. The molecule has 0 fully saturated rings. The molecule has 2 aromatic heterocycles. The summed E-state index contributed by atoms with van der Waals surface area (Å²) in [6.07, 6.45) is -3.87. The number of nitrogens with two attached hydrogens (primary N) is 1. The molecule has 3 N–H and O–H groups in total. The number of nitrogen functional groups attached to an aromatic ring is 1.